The molecule has 1 aliphatic carbocycles. The van der Waals surface area contributed by atoms with E-state index in [1.807, 2.05) is 0 Å². The number of rotatable bonds is 3. The van der Waals surface area contributed by atoms with Crippen LogP contribution in [0, 0.1) is 0 Å². The van der Waals surface area contributed by atoms with Gasteiger partial charge in [-0.25, -0.2) is 0 Å². The first-order chi connectivity index (χ1) is 13.8. The SMILES string of the molecule is CC(C)(C)OC(=O)Cn1c2c(c(-c3cc(Cl)ccc3C(F)(F)F)cc1=O)C(=O)CC2. The fraction of sp³-hybridized carbons (Fsp3) is 0.381. The number of hydrogen-bond donors (Lipinski definition) is 0. The number of nitrogens with zero attached hydrogens (tertiary/aromatic N) is 1. The molecule has 9 heteroatoms. The van der Waals surface area contributed by atoms with Crippen molar-refractivity contribution in [3.05, 3.63) is 56.5 Å². The summed E-state index contributed by atoms with van der Waals surface area (Å²) in [5.41, 5.74) is -2.72. The third kappa shape index (κ3) is 4.43. The highest BCUT2D eigenvalue weighted by molar-refractivity contribution is 6.31. The molecule has 0 atom stereocenters. The number of ketones is 1. The monoisotopic (exact) mass is 441 g/mol. The van der Waals surface area contributed by atoms with Crippen molar-refractivity contribution in [1.29, 1.82) is 0 Å². The Morgan fingerprint density at radius 3 is 2.37 bits per heavy atom. The van der Waals surface area contributed by atoms with Crippen molar-refractivity contribution in [3.63, 3.8) is 0 Å². The Morgan fingerprint density at radius 2 is 1.77 bits per heavy atom. The summed E-state index contributed by atoms with van der Waals surface area (Å²) in [5.74, 6) is -1.08. The van der Waals surface area contributed by atoms with Gasteiger partial charge in [-0.1, -0.05) is 11.6 Å². The van der Waals surface area contributed by atoms with Gasteiger partial charge in [0.05, 0.1) is 5.56 Å². The number of hydrogen-bond acceptors (Lipinski definition) is 4. The first kappa shape index (κ1) is 22.1. The summed E-state index contributed by atoms with van der Waals surface area (Å²) in [6.07, 6.45) is -4.54. The van der Waals surface area contributed by atoms with E-state index in [2.05, 4.69) is 0 Å². The third-order valence-corrected chi connectivity index (χ3v) is 4.80. The van der Waals surface area contributed by atoms with Crippen molar-refractivity contribution < 1.29 is 27.5 Å². The van der Waals surface area contributed by atoms with Gasteiger partial charge < -0.3 is 9.30 Å². The quantitative estimate of drug-likeness (QED) is 0.650. The van der Waals surface area contributed by atoms with Crippen molar-refractivity contribution in [1.82, 2.24) is 4.57 Å². The molecule has 160 valence electrons. The van der Waals surface area contributed by atoms with Crippen molar-refractivity contribution in [3.8, 4) is 11.1 Å². The molecule has 0 radical (unpaired) electrons. The highest BCUT2D eigenvalue weighted by Gasteiger charge is 2.36. The van der Waals surface area contributed by atoms with E-state index < -0.39 is 41.2 Å². The van der Waals surface area contributed by atoms with Crippen LogP contribution in [0.5, 0.6) is 0 Å². The van der Waals surface area contributed by atoms with Gasteiger partial charge in [0.15, 0.2) is 5.78 Å². The van der Waals surface area contributed by atoms with Crippen LogP contribution in [-0.2, 0) is 28.7 Å². The van der Waals surface area contributed by atoms with Gasteiger partial charge in [0, 0.05) is 34.3 Å². The minimum atomic E-state index is -4.71. The molecule has 3 rings (SSSR count). The zero-order valence-corrected chi connectivity index (χ0v) is 17.3. The summed E-state index contributed by atoms with van der Waals surface area (Å²) >= 11 is 5.91. The van der Waals surface area contributed by atoms with Gasteiger partial charge >= 0.3 is 12.1 Å². The number of carbonyl (C=O) groups is 2. The van der Waals surface area contributed by atoms with Gasteiger partial charge in [-0.05, 0) is 51.0 Å². The number of Topliss-reactive ketones (excluding diaryl/α,β-unsaturated/α-hetero) is 1. The summed E-state index contributed by atoms with van der Waals surface area (Å²) in [6, 6.07) is 3.95. The van der Waals surface area contributed by atoms with Crippen LogP contribution in [0.25, 0.3) is 11.1 Å². The molecule has 1 heterocycles. The molecule has 0 aliphatic heterocycles. The molecule has 0 bridgehead atoms. The summed E-state index contributed by atoms with van der Waals surface area (Å²) in [7, 11) is 0. The lowest BCUT2D eigenvalue weighted by Crippen LogP contribution is -2.32. The van der Waals surface area contributed by atoms with E-state index in [0.29, 0.717) is 0 Å². The van der Waals surface area contributed by atoms with Gasteiger partial charge in [-0.2, -0.15) is 13.2 Å². The number of pyridine rings is 1. The van der Waals surface area contributed by atoms with Crippen LogP contribution in [0.2, 0.25) is 5.02 Å². The minimum absolute atomic E-state index is 0.00549. The lowest BCUT2D eigenvalue weighted by Gasteiger charge is -2.21. The third-order valence-electron chi connectivity index (χ3n) is 4.57. The van der Waals surface area contributed by atoms with E-state index in [1.54, 1.807) is 20.8 Å². The molecular weight excluding hydrogens is 423 g/mol. The van der Waals surface area contributed by atoms with Crippen LogP contribution in [0.3, 0.4) is 0 Å². The molecule has 30 heavy (non-hydrogen) atoms. The standard InChI is InChI=1S/C21H19ClF3NO4/c1-20(2,3)30-18(29)10-26-15-6-7-16(27)19(15)13(9-17(26)28)12-8-11(22)4-5-14(12)21(23,24)25/h4-5,8-9H,6-7,10H2,1-3H3. The highest BCUT2D eigenvalue weighted by Crippen LogP contribution is 2.41. The number of carbonyl (C=O) groups excluding carboxylic acids is 2. The number of halogens is 4. The maximum Gasteiger partial charge on any atom is 0.417 e. The minimum Gasteiger partial charge on any atom is -0.459 e. The first-order valence-corrected chi connectivity index (χ1v) is 9.54. The summed E-state index contributed by atoms with van der Waals surface area (Å²) in [5, 5.41) is 0.0372. The van der Waals surface area contributed by atoms with E-state index in [4.69, 9.17) is 16.3 Å². The van der Waals surface area contributed by atoms with Crippen molar-refractivity contribution in [2.75, 3.05) is 0 Å². The second-order valence-corrected chi connectivity index (χ2v) is 8.44. The molecular formula is C21H19ClF3NO4. The van der Waals surface area contributed by atoms with E-state index in [0.717, 1.165) is 28.8 Å². The number of alkyl halides is 3. The molecule has 5 nitrogen and oxygen atoms in total. The fourth-order valence-electron chi connectivity index (χ4n) is 3.50. The fourth-order valence-corrected chi connectivity index (χ4v) is 3.67. The van der Waals surface area contributed by atoms with Crippen LogP contribution in [-0.4, -0.2) is 21.9 Å². The number of ether oxygens (including phenoxy) is 1. The van der Waals surface area contributed by atoms with E-state index in [9.17, 15) is 27.6 Å². The van der Waals surface area contributed by atoms with E-state index >= 15 is 0 Å². The lowest BCUT2D eigenvalue weighted by molar-refractivity contribution is -0.155. The van der Waals surface area contributed by atoms with Gasteiger partial charge in [0.1, 0.15) is 12.1 Å². The molecule has 0 fully saturated rings. The van der Waals surface area contributed by atoms with Crippen LogP contribution < -0.4 is 5.56 Å². The number of esters is 1. The lowest BCUT2D eigenvalue weighted by atomic mass is 9.94. The molecule has 1 aromatic carbocycles. The topological polar surface area (TPSA) is 65.4 Å². The van der Waals surface area contributed by atoms with Crippen LogP contribution >= 0.6 is 11.6 Å². The molecule has 0 amide bonds. The summed E-state index contributed by atoms with van der Waals surface area (Å²) in [4.78, 5) is 37.5. The zero-order chi connectivity index (χ0) is 22.4. The maximum absolute atomic E-state index is 13.6. The molecule has 0 N–H and O–H groups in total. The maximum atomic E-state index is 13.6. The molecule has 0 saturated carbocycles. The van der Waals surface area contributed by atoms with E-state index in [-0.39, 0.29) is 40.2 Å². The molecule has 1 aliphatic rings. The molecule has 1 aromatic heterocycles. The predicted molar refractivity (Wildman–Crippen MR) is 105 cm³/mol. The normalized spacial score (nSPS) is 14.0. The number of benzene rings is 1. The molecule has 2 aromatic rings. The van der Waals surface area contributed by atoms with Crippen molar-refractivity contribution in [2.24, 2.45) is 0 Å². The average molecular weight is 442 g/mol. The average Bonchev–Trinajstić information content (AvgIpc) is 2.96. The smallest absolute Gasteiger partial charge is 0.417 e. The summed E-state index contributed by atoms with van der Waals surface area (Å²) < 4.78 is 47.0. The number of aromatic nitrogens is 1. The van der Waals surface area contributed by atoms with Gasteiger partial charge in [-0.3, -0.25) is 14.4 Å². The van der Waals surface area contributed by atoms with Crippen LogP contribution in [0.15, 0.2) is 29.1 Å². The Kier molecular flexibility index (Phi) is 5.58. The largest absolute Gasteiger partial charge is 0.459 e. The number of fused-ring (bicyclic) bond motifs is 1. The predicted octanol–water partition coefficient (Wildman–Crippen LogP) is 4.66. The van der Waals surface area contributed by atoms with Gasteiger partial charge in [0.25, 0.3) is 5.56 Å². The molecule has 0 saturated heterocycles. The highest BCUT2D eigenvalue weighted by atomic mass is 35.5. The van der Waals surface area contributed by atoms with Crippen molar-refractivity contribution >= 4 is 23.4 Å². The Bertz CT molecular complexity index is 1100. The Balaban J connectivity index is 2.20. The zero-order valence-electron chi connectivity index (χ0n) is 16.5. The summed E-state index contributed by atoms with van der Waals surface area (Å²) in [6.45, 7) is 4.57. The molecule has 0 unspecified atom stereocenters. The first-order valence-electron chi connectivity index (χ1n) is 9.17. The van der Waals surface area contributed by atoms with E-state index in [1.165, 1.54) is 0 Å². The molecule has 0 spiro atoms. The van der Waals surface area contributed by atoms with Crippen molar-refractivity contribution in [2.45, 2.75) is 51.9 Å². The van der Waals surface area contributed by atoms with Gasteiger partial charge in [0.2, 0.25) is 0 Å². The Hall–Kier alpha value is -2.61. The Morgan fingerprint density at radius 1 is 1.10 bits per heavy atom. The second-order valence-electron chi connectivity index (χ2n) is 8.00. The Labute approximate surface area is 175 Å². The second kappa shape index (κ2) is 7.58. The van der Waals surface area contributed by atoms with Crippen LogP contribution in [0.1, 0.15) is 48.8 Å². The van der Waals surface area contributed by atoms with Crippen LogP contribution in [0.4, 0.5) is 13.2 Å². The van der Waals surface area contributed by atoms with Gasteiger partial charge in [-0.15, -0.1) is 0 Å².